The van der Waals surface area contributed by atoms with Gasteiger partial charge in [-0.15, -0.1) is 0 Å². The van der Waals surface area contributed by atoms with Gasteiger partial charge in [-0.25, -0.2) is 0 Å². The number of hydrogen-bond donors (Lipinski definition) is 0. The monoisotopic (exact) mass is 209 g/mol. The van der Waals surface area contributed by atoms with Crippen LogP contribution in [0.15, 0.2) is 0 Å². The third kappa shape index (κ3) is 2.08. The standard InChI is InChI=1S/C14H27N/c1-4-6-9-14(3,5-2)15-11-12-7-8-13(15)10-12/h12-13H,4-11H2,1-3H3. The van der Waals surface area contributed by atoms with E-state index in [4.69, 9.17) is 0 Å². The Labute approximate surface area is 95.2 Å². The van der Waals surface area contributed by atoms with Gasteiger partial charge in [-0.2, -0.15) is 0 Å². The van der Waals surface area contributed by atoms with E-state index >= 15 is 0 Å². The van der Waals surface area contributed by atoms with Gasteiger partial charge >= 0.3 is 0 Å². The van der Waals surface area contributed by atoms with E-state index in [2.05, 4.69) is 25.7 Å². The summed E-state index contributed by atoms with van der Waals surface area (Å²) in [6.07, 6.45) is 9.97. The van der Waals surface area contributed by atoms with Crippen molar-refractivity contribution >= 4 is 0 Å². The molecule has 1 aliphatic carbocycles. The van der Waals surface area contributed by atoms with Gasteiger partial charge in [0, 0.05) is 18.1 Å². The van der Waals surface area contributed by atoms with Crippen LogP contribution in [0, 0.1) is 5.92 Å². The van der Waals surface area contributed by atoms with Gasteiger partial charge in [0.05, 0.1) is 0 Å². The van der Waals surface area contributed by atoms with E-state index < -0.39 is 0 Å². The fraction of sp³-hybridized carbons (Fsp3) is 1.00. The molecule has 1 saturated carbocycles. The summed E-state index contributed by atoms with van der Waals surface area (Å²) >= 11 is 0. The Hall–Kier alpha value is -0.0400. The van der Waals surface area contributed by atoms with E-state index in [-0.39, 0.29) is 0 Å². The summed E-state index contributed by atoms with van der Waals surface area (Å²) < 4.78 is 0. The van der Waals surface area contributed by atoms with Crippen LogP contribution < -0.4 is 0 Å². The van der Waals surface area contributed by atoms with E-state index in [1.807, 2.05) is 0 Å². The molecule has 0 radical (unpaired) electrons. The van der Waals surface area contributed by atoms with Crippen molar-refractivity contribution in [3.63, 3.8) is 0 Å². The van der Waals surface area contributed by atoms with Crippen molar-refractivity contribution in [2.75, 3.05) is 6.54 Å². The molecule has 3 unspecified atom stereocenters. The lowest BCUT2D eigenvalue weighted by molar-refractivity contribution is 0.0558. The summed E-state index contributed by atoms with van der Waals surface area (Å²) in [6.45, 7) is 8.59. The Morgan fingerprint density at radius 1 is 1.27 bits per heavy atom. The van der Waals surface area contributed by atoms with Gasteiger partial charge in [0.25, 0.3) is 0 Å². The molecule has 1 heterocycles. The highest BCUT2D eigenvalue weighted by Crippen LogP contribution is 2.43. The minimum atomic E-state index is 0.510. The molecule has 0 amide bonds. The summed E-state index contributed by atoms with van der Waals surface area (Å²) in [5.74, 6) is 1.04. The number of fused-ring (bicyclic) bond motifs is 2. The molecule has 15 heavy (non-hydrogen) atoms. The molecule has 1 saturated heterocycles. The second kappa shape index (κ2) is 4.45. The van der Waals surface area contributed by atoms with Crippen molar-refractivity contribution in [1.82, 2.24) is 4.90 Å². The van der Waals surface area contributed by atoms with Gasteiger partial charge in [0.1, 0.15) is 0 Å². The molecule has 0 aromatic rings. The summed E-state index contributed by atoms with van der Waals surface area (Å²) in [5, 5.41) is 0. The molecule has 1 nitrogen and oxygen atoms in total. The Bertz CT molecular complexity index is 213. The highest BCUT2D eigenvalue weighted by atomic mass is 15.3. The van der Waals surface area contributed by atoms with Crippen LogP contribution in [0.5, 0.6) is 0 Å². The van der Waals surface area contributed by atoms with E-state index in [0.29, 0.717) is 5.54 Å². The van der Waals surface area contributed by atoms with Gasteiger partial charge in [-0.1, -0.05) is 26.7 Å². The lowest BCUT2D eigenvalue weighted by Gasteiger charge is -2.44. The van der Waals surface area contributed by atoms with Gasteiger partial charge in [0.2, 0.25) is 0 Å². The first kappa shape index (κ1) is 11.4. The summed E-state index contributed by atoms with van der Waals surface area (Å²) in [6, 6.07) is 0.941. The normalized spacial score (nSPS) is 34.6. The number of piperidine rings is 1. The van der Waals surface area contributed by atoms with Gasteiger partial charge in [-0.05, 0) is 44.9 Å². The van der Waals surface area contributed by atoms with Crippen LogP contribution >= 0.6 is 0 Å². The number of likely N-dealkylation sites (tertiary alicyclic amines) is 1. The quantitative estimate of drug-likeness (QED) is 0.665. The van der Waals surface area contributed by atoms with E-state index in [9.17, 15) is 0 Å². The summed E-state index contributed by atoms with van der Waals surface area (Å²) in [4.78, 5) is 2.86. The minimum absolute atomic E-state index is 0.510. The fourth-order valence-electron chi connectivity index (χ4n) is 3.67. The maximum atomic E-state index is 2.86. The van der Waals surface area contributed by atoms with Gasteiger partial charge < -0.3 is 0 Å². The predicted octanol–water partition coefficient (Wildman–Crippen LogP) is 3.83. The van der Waals surface area contributed by atoms with Crippen LogP contribution in [0.1, 0.15) is 65.7 Å². The molecular formula is C14H27N. The van der Waals surface area contributed by atoms with Gasteiger partial charge in [-0.3, -0.25) is 4.90 Å². The molecule has 2 aliphatic rings. The van der Waals surface area contributed by atoms with E-state index in [1.54, 1.807) is 0 Å². The molecular weight excluding hydrogens is 182 g/mol. The molecule has 1 aliphatic heterocycles. The molecule has 2 fully saturated rings. The van der Waals surface area contributed by atoms with Crippen molar-refractivity contribution in [1.29, 1.82) is 0 Å². The molecule has 1 heteroatoms. The first-order chi connectivity index (χ1) is 7.19. The van der Waals surface area contributed by atoms with Gasteiger partial charge in [0.15, 0.2) is 0 Å². The number of rotatable bonds is 5. The molecule has 0 N–H and O–H groups in total. The Morgan fingerprint density at radius 2 is 2.07 bits per heavy atom. The van der Waals surface area contributed by atoms with Crippen LogP contribution in [0.3, 0.4) is 0 Å². The van der Waals surface area contributed by atoms with Crippen LogP contribution in [0.2, 0.25) is 0 Å². The highest BCUT2D eigenvalue weighted by molar-refractivity contribution is 4.99. The lowest BCUT2D eigenvalue weighted by atomic mass is 9.88. The number of hydrogen-bond acceptors (Lipinski definition) is 1. The second-order valence-corrected chi connectivity index (χ2v) is 5.94. The van der Waals surface area contributed by atoms with Crippen LogP contribution in [0.25, 0.3) is 0 Å². The average Bonchev–Trinajstić information content (AvgIpc) is 2.87. The lowest BCUT2D eigenvalue weighted by Crippen LogP contribution is -2.49. The van der Waals surface area contributed by atoms with Crippen LogP contribution in [-0.2, 0) is 0 Å². The molecule has 3 atom stereocenters. The third-order valence-corrected chi connectivity index (χ3v) is 4.93. The van der Waals surface area contributed by atoms with Crippen molar-refractivity contribution in [2.24, 2.45) is 5.92 Å². The first-order valence-electron chi connectivity index (χ1n) is 6.96. The maximum absolute atomic E-state index is 2.86. The zero-order chi connectivity index (χ0) is 10.9. The van der Waals surface area contributed by atoms with E-state index in [1.165, 1.54) is 51.5 Å². The number of unbranched alkanes of at least 4 members (excludes halogenated alkanes) is 1. The Balaban J connectivity index is 1.99. The minimum Gasteiger partial charge on any atom is -0.295 e. The maximum Gasteiger partial charge on any atom is 0.0181 e. The smallest absolute Gasteiger partial charge is 0.0181 e. The molecule has 2 rings (SSSR count). The molecule has 0 spiro atoms. The van der Waals surface area contributed by atoms with Crippen molar-refractivity contribution in [2.45, 2.75) is 77.3 Å². The molecule has 0 aromatic heterocycles. The molecule has 2 bridgehead atoms. The van der Waals surface area contributed by atoms with Crippen molar-refractivity contribution in [3.05, 3.63) is 0 Å². The average molecular weight is 209 g/mol. The fourth-order valence-corrected chi connectivity index (χ4v) is 3.67. The van der Waals surface area contributed by atoms with Crippen molar-refractivity contribution < 1.29 is 0 Å². The van der Waals surface area contributed by atoms with Crippen LogP contribution in [-0.4, -0.2) is 23.0 Å². The zero-order valence-corrected chi connectivity index (χ0v) is 10.8. The number of nitrogens with zero attached hydrogens (tertiary/aromatic N) is 1. The second-order valence-electron chi connectivity index (χ2n) is 5.94. The van der Waals surface area contributed by atoms with Crippen LogP contribution in [0.4, 0.5) is 0 Å². The highest BCUT2D eigenvalue weighted by Gasteiger charge is 2.44. The van der Waals surface area contributed by atoms with Crippen molar-refractivity contribution in [3.8, 4) is 0 Å². The molecule has 88 valence electrons. The summed E-state index contributed by atoms with van der Waals surface area (Å²) in [7, 11) is 0. The topological polar surface area (TPSA) is 3.24 Å². The molecule has 0 aromatic carbocycles. The zero-order valence-electron chi connectivity index (χ0n) is 10.8. The predicted molar refractivity (Wildman–Crippen MR) is 66.1 cm³/mol. The largest absolute Gasteiger partial charge is 0.295 e. The Kier molecular flexibility index (Phi) is 3.39. The third-order valence-electron chi connectivity index (χ3n) is 4.93. The first-order valence-corrected chi connectivity index (χ1v) is 6.96. The summed E-state index contributed by atoms with van der Waals surface area (Å²) in [5.41, 5.74) is 0.510. The Morgan fingerprint density at radius 3 is 2.53 bits per heavy atom. The SMILES string of the molecule is CCCCC(C)(CC)N1CC2CCC1C2. The van der Waals surface area contributed by atoms with E-state index in [0.717, 1.165) is 12.0 Å².